The van der Waals surface area contributed by atoms with Crippen LogP contribution in [0.4, 0.5) is 29.6 Å². The standard InChI is InChI=1S/C29H28F3N7O4/c1-3-42-20-12-16(25(40)36-21-13-17(7-9-34-21)29(30,31)32)4-5-19(20)22-23-24(33)35-10-11-38(23)26(37-22)28(2)8-6-18-14-43-27(41)39(18)15-28/h4-5,7,9-13,18H,3,6,8,14-15H2,1-2H3,(H2,33,35)(H,34,36,40)/t18-,28+/m0/s1. The molecule has 2 atom stereocenters. The SMILES string of the molecule is CCOc1cc(C(=O)Nc2cc(C(F)(F)F)ccn2)ccc1-c1nc([C@]2(C)CC[C@H]3COC(=O)N3C2)n2ccnc(N)c12. The largest absolute Gasteiger partial charge is 0.493 e. The molecule has 4 aromatic rings. The lowest BCUT2D eigenvalue weighted by Gasteiger charge is -2.39. The molecule has 2 aliphatic heterocycles. The summed E-state index contributed by atoms with van der Waals surface area (Å²) in [7, 11) is 0. The highest BCUT2D eigenvalue weighted by atomic mass is 19.4. The molecule has 0 bridgehead atoms. The highest BCUT2D eigenvalue weighted by Crippen LogP contribution is 2.42. The van der Waals surface area contributed by atoms with Gasteiger partial charge in [0.1, 0.15) is 41.0 Å². The van der Waals surface area contributed by atoms with Crippen LogP contribution in [-0.4, -0.2) is 62.1 Å². The number of alkyl halides is 3. The van der Waals surface area contributed by atoms with Gasteiger partial charge < -0.3 is 25.4 Å². The highest BCUT2D eigenvalue weighted by Gasteiger charge is 2.46. The van der Waals surface area contributed by atoms with Crippen molar-refractivity contribution in [3.8, 4) is 17.0 Å². The van der Waals surface area contributed by atoms with Gasteiger partial charge in [0.2, 0.25) is 0 Å². The lowest BCUT2D eigenvalue weighted by atomic mass is 9.79. The first-order valence-electron chi connectivity index (χ1n) is 13.7. The Morgan fingerprint density at radius 2 is 2.05 bits per heavy atom. The first-order chi connectivity index (χ1) is 20.5. The number of halogens is 3. The normalized spacial score (nSPS) is 20.2. The second-order valence-electron chi connectivity index (χ2n) is 10.8. The summed E-state index contributed by atoms with van der Waals surface area (Å²) in [4.78, 5) is 40.3. The number of carbonyl (C=O) groups is 2. The number of hydrogen-bond acceptors (Lipinski definition) is 8. The monoisotopic (exact) mass is 595 g/mol. The first kappa shape index (κ1) is 28.2. The van der Waals surface area contributed by atoms with E-state index < -0.39 is 23.1 Å². The number of piperidine rings is 1. The number of anilines is 2. The van der Waals surface area contributed by atoms with Gasteiger partial charge in [-0.25, -0.2) is 19.7 Å². The van der Waals surface area contributed by atoms with Crippen LogP contribution in [0.25, 0.3) is 16.8 Å². The van der Waals surface area contributed by atoms with Gasteiger partial charge in [0.15, 0.2) is 0 Å². The number of pyridine rings is 1. The van der Waals surface area contributed by atoms with E-state index in [-0.39, 0.29) is 35.9 Å². The molecule has 224 valence electrons. The molecule has 1 aromatic carbocycles. The number of fused-ring (bicyclic) bond motifs is 2. The zero-order valence-electron chi connectivity index (χ0n) is 23.3. The molecule has 0 radical (unpaired) electrons. The smallest absolute Gasteiger partial charge is 0.416 e. The van der Waals surface area contributed by atoms with Crippen molar-refractivity contribution in [1.82, 2.24) is 24.3 Å². The number of cyclic esters (lactones) is 1. The zero-order valence-corrected chi connectivity index (χ0v) is 23.3. The third kappa shape index (κ3) is 5.06. The maximum absolute atomic E-state index is 13.1. The molecule has 2 fully saturated rings. The van der Waals surface area contributed by atoms with Crippen LogP contribution < -0.4 is 15.8 Å². The van der Waals surface area contributed by atoms with Crippen molar-refractivity contribution in [1.29, 1.82) is 0 Å². The van der Waals surface area contributed by atoms with Crippen LogP contribution >= 0.6 is 0 Å². The van der Waals surface area contributed by atoms with E-state index in [1.54, 1.807) is 30.3 Å². The molecule has 2 amide bonds. The van der Waals surface area contributed by atoms with E-state index in [0.29, 0.717) is 41.5 Å². The lowest BCUT2D eigenvalue weighted by molar-refractivity contribution is -0.137. The number of aromatic nitrogens is 4. The van der Waals surface area contributed by atoms with Gasteiger partial charge in [0, 0.05) is 41.7 Å². The van der Waals surface area contributed by atoms with Crippen LogP contribution in [-0.2, 0) is 16.3 Å². The van der Waals surface area contributed by atoms with Crippen molar-refractivity contribution in [2.45, 2.75) is 44.3 Å². The molecule has 14 heteroatoms. The molecule has 43 heavy (non-hydrogen) atoms. The fourth-order valence-corrected chi connectivity index (χ4v) is 5.72. The molecule has 3 N–H and O–H groups in total. The molecule has 2 aliphatic rings. The van der Waals surface area contributed by atoms with Crippen LogP contribution in [0.5, 0.6) is 5.75 Å². The number of amides is 2. The van der Waals surface area contributed by atoms with Crippen molar-refractivity contribution in [3.05, 3.63) is 65.9 Å². The summed E-state index contributed by atoms with van der Waals surface area (Å²) < 4.78 is 52.4. The van der Waals surface area contributed by atoms with E-state index >= 15 is 0 Å². The van der Waals surface area contributed by atoms with E-state index in [9.17, 15) is 22.8 Å². The van der Waals surface area contributed by atoms with Crippen LogP contribution in [0.1, 0.15) is 48.4 Å². The Morgan fingerprint density at radius 3 is 2.81 bits per heavy atom. The molecule has 0 aliphatic carbocycles. The number of nitrogens with two attached hydrogens (primary N) is 1. The molecular formula is C29H28F3N7O4. The van der Waals surface area contributed by atoms with Crippen molar-refractivity contribution in [2.24, 2.45) is 0 Å². The fourth-order valence-electron chi connectivity index (χ4n) is 5.72. The van der Waals surface area contributed by atoms with Gasteiger partial charge >= 0.3 is 12.3 Å². The van der Waals surface area contributed by atoms with Gasteiger partial charge in [-0.2, -0.15) is 13.2 Å². The van der Waals surface area contributed by atoms with E-state index in [4.69, 9.17) is 20.2 Å². The summed E-state index contributed by atoms with van der Waals surface area (Å²) in [6.45, 7) is 4.88. The molecule has 0 spiro atoms. The van der Waals surface area contributed by atoms with E-state index in [2.05, 4.69) is 15.3 Å². The number of nitrogens with one attached hydrogen (secondary N) is 1. The number of imidazole rings is 1. The molecule has 11 nitrogen and oxygen atoms in total. The first-order valence-corrected chi connectivity index (χ1v) is 13.7. The number of ether oxygens (including phenoxy) is 2. The average Bonchev–Trinajstić information content (AvgIpc) is 3.54. The Labute approximate surface area is 243 Å². The molecule has 3 aromatic heterocycles. The van der Waals surface area contributed by atoms with Gasteiger partial charge in [0.05, 0.1) is 18.2 Å². The molecule has 2 saturated heterocycles. The van der Waals surface area contributed by atoms with Gasteiger partial charge in [-0.05, 0) is 50.1 Å². The predicted molar refractivity (Wildman–Crippen MR) is 150 cm³/mol. The van der Waals surface area contributed by atoms with Gasteiger partial charge in [-0.1, -0.05) is 6.92 Å². The van der Waals surface area contributed by atoms with Gasteiger partial charge in [-0.3, -0.25) is 9.20 Å². The number of nitrogens with zero attached hydrogens (tertiary/aromatic N) is 5. The highest BCUT2D eigenvalue weighted by molar-refractivity contribution is 6.04. The summed E-state index contributed by atoms with van der Waals surface area (Å²) in [5.74, 6) is 0.325. The predicted octanol–water partition coefficient (Wildman–Crippen LogP) is 4.92. The quantitative estimate of drug-likeness (QED) is 0.321. The number of benzene rings is 1. The summed E-state index contributed by atoms with van der Waals surface area (Å²) in [6.07, 6.45) is 0.909. The minimum Gasteiger partial charge on any atom is -0.493 e. The number of rotatable bonds is 6. The van der Waals surface area contributed by atoms with Gasteiger partial charge in [-0.15, -0.1) is 0 Å². The summed E-state index contributed by atoms with van der Waals surface area (Å²) in [6, 6.07) is 6.28. The van der Waals surface area contributed by atoms with E-state index in [1.807, 2.05) is 11.3 Å². The van der Waals surface area contributed by atoms with E-state index in [1.165, 1.54) is 12.1 Å². The lowest BCUT2D eigenvalue weighted by Crippen LogP contribution is -2.49. The maximum Gasteiger partial charge on any atom is 0.416 e. The average molecular weight is 596 g/mol. The molecule has 0 unspecified atom stereocenters. The fraction of sp³-hybridized carbons (Fsp3) is 0.345. The van der Waals surface area contributed by atoms with Crippen LogP contribution in [0.2, 0.25) is 0 Å². The van der Waals surface area contributed by atoms with Crippen molar-refractivity contribution in [2.75, 3.05) is 30.8 Å². The zero-order chi connectivity index (χ0) is 30.5. The second-order valence-corrected chi connectivity index (χ2v) is 10.8. The van der Waals surface area contributed by atoms with Crippen molar-refractivity contribution >= 4 is 29.2 Å². The summed E-state index contributed by atoms with van der Waals surface area (Å²) in [5.41, 5.74) is 6.60. The summed E-state index contributed by atoms with van der Waals surface area (Å²) in [5, 5.41) is 2.41. The van der Waals surface area contributed by atoms with Gasteiger partial charge in [0.25, 0.3) is 5.91 Å². The Bertz CT molecular complexity index is 1740. The third-order valence-corrected chi connectivity index (χ3v) is 7.87. The second kappa shape index (κ2) is 10.4. The van der Waals surface area contributed by atoms with Crippen LogP contribution in [0.15, 0.2) is 48.9 Å². The Morgan fingerprint density at radius 1 is 1.23 bits per heavy atom. The minimum absolute atomic E-state index is 0.0346. The minimum atomic E-state index is -4.58. The molecule has 6 rings (SSSR count). The van der Waals surface area contributed by atoms with E-state index in [0.717, 1.165) is 31.2 Å². The number of carbonyl (C=O) groups excluding carboxylic acids is 2. The molecular weight excluding hydrogens is 567 g/mol. The van der Waals surface area contributed by atoms with Crippen LogP contribution in [0.3, 0.4) is 0 Å². The Balaban J connectivity index is 1.38. The Kier molecular flexibility index (Phi) is 6.86. The maximum atomic E-state index is 13.1. The molecule has 5 heterocycles. The summed E-state index contributed by atoms with van der Waals surface area (Å²) >= 11 is 0. The third-order valence-electron chi connectivity index (χ3n) is 7.87. The number of hydrogen-bond donors (Lipinski definition) is 2. The van der Waals surface area contributed by atoms with Crippen molar-refractivity contribution in [3.63, 3.8) is 0 Å². The number of nitrogen functional groups attached to an aromatic ring is 1. The molecule has 0 saturated carbocycles. The van der Waals surface area contributed by atoms with Crippen molar-refractivity contribution < 1.29 is 32.2 Å². The van der Waals surface area contributed by atoms with Crippen LogP contribution in [0, 0.1) is 0 Å². The topological polar surface area (TPSA) is 137 Å². The Hall–Kier alpha value is -4.88.